The second-order valence-corrected chi connectivity index (χ2v) is 8.51. The van der Waals surface area contributed by atoms with Gasteiger partial charge in [-0.1, -0.05) is 48.5 Å². The summed E-state index contributed by atoms with van der Waals surface area (Å²) >= 11 is 1.11. The highest BCUT2D eigenvalue weighted by atomic mass is 32.1. The smallest absolute Gasteiger partial charge is 0.340 e. The molecule has 32 heavy (non-hydrogen) atoms. The lowest BCUT2D eigenvalue weighted by atomic mass is 10.0. The Bertz CT molecular complexity index is 1420. The molecule has 0 radical (unpaired) electrons. The quantitative estimate of drug-likeness (QED) is 0.268. The summed E-state index contributed by atoms with van der Waals surface area (Å²) in [6, 6.07) is 20.7. The molecule has 0 saturated heterocycles. The van der Waals surface area contributed by atoms with Gasteiger partial charge < -0.3 is 15.0 Å². The predicted molar refractivity (Wildman–Crippen MR) is 130 cm³/mol. The van der Waals surface area contributed by atoms with Crippen LogP contribution < -0.4 is 5.73 Å². The summed E-state index contributed by atoms with van der Waals surface area (Å²) in [5.41, 5.74) is 14.5. The van der Waals surface area contributed by atoms with Gasteiger partial charge >= 0.3 is 5.97 Å². The van der Waals surface area contributed by atoms with E-state index in [2.05, 4.69) is 47.3 Å². The van der Waals surface area contributed by atoms with Crippen molar-refractivity contribution in [2.75, 3.05) is 12.8 Å². The van der Waals surface area contributed by atoms with E-state index in [1.54, 1.807) is 0 Å². The lowest BCUT2D eigenvalue weighted by Gasteiger charge is -2.09. The van der Waals surface area contributed by atoms with Crippen molar-refractivity contribution in [1.82, 2.24) is 4.57 Å². The lowest BCUT2D eigenvalue weighted by molar-refractivity contribution is 0.0603. The van der Waals surface area contributed by atoms with Gasteiger partial charge in [0.15, 0.2) is 0 Å². The number of ether oxygens (including phenoxy) is 1. The van der Waals surface area contributed by atoms with Gasteiger partial charge in [0.25, 0.3) is 5.00 Å². The monoisotopic (exact) mass is 437 g/mol. The number of carbonyl (C=O) groups is 1. The Hall–Kier alpha value is -4.08. The average Bonchev–Trinajstić information content (AvgIpc) is 3.45. The van der Waals surface area contributed by atoms with Crippen molar-refractivity contribution >= 4 is 39.0 Å². The summed E-state index contributed by atoms with van der Waals surface area (Å²) < 4.78 is 6.92. The third-order valence-electron chi connectivity index (χ3n) is 5.84. The molecule has 2 N–H and O–H groups in total. The number of carbonyl (C=O) groups excluding carboxylic acids is 1. The summed E-state index contributed by atoms with van der Waals surface area (Å²) in [6.45, 7) is 7.57. The van der Waals surface area contributed by atoms with E-state index in [1.807, 2.05) is 35.9 Å². The molecule has 0 spiro atoms. The van der Waals surface area contributed by atoms with Gasteiger partial charge in [0, 0.05) is 24.0 Å². The molecule has 2 aromatic carbocycles. The van der Waals surface area contributed by atoms with E-state index in [4.69, 9.17) is 17.0 Å². The Kier molecular flexibility index (Phi) is 4.69. The maximum atomic E-state index is 12.4. The summed E-state index contributed by atoms with van der Waals surface area (Å²) in [5, 5.41) is 0.664. The van der Waals surface area contributed by atoms with Crippen molar-refractivity contribution in [2.45, 2.75) is 0 Å². The van der Waals surface area contributed by atoms with Crippen molar-refractivity contribution in [3.8, 4) is 22.4 Å². The Morgan fingerprint density at radius 1 is 1.03 bits per heavy atom. The molecule has 5 nitrogen and oxygen atoms in total. The van der Waals surface area contributed by atoms with E-state index in [0.29, 0.717) is 10.6 Å². The normalized spacial score (nSPS) is 11.6. The molecular formula is C26H19N3O2S. The fourth-order valence-corrected chi connectivity index (χ4v) is 5.18. The van der Waals surface area contributed by atoms with E-state index in [1.165, 1.54) is 29.4 Å². The third kappa shape index (κ3) is 2.87. The third-order valence-corrected chi connectivity index (χ3v) is 6.75. The molecule has 1 aliphatic carbocycles. The van der Waals surface area contributed by atoms with Crippen LogP contribution in [0.5, 0.6) is 0 Å². The van der Waals surface area contributed by atoms with Crippen molar-refractivity contribution in [3.05, 3.63) is 94.5 Å². The molecule has 0 aliphatic heterocycles. The van der Waals surface area contributed by atoms with Crippen LogP contribution in [0.2, 0.25) is 0 Å². The van der Waals surface area contributed by atoms with Crippen LogP contribution in [0.25, 0.3) is 38.9 Å². The summed E-state index contributed by atoms with van der Waals surface area (Å²) in [5.74, 6) is -0.539. The number of nitrogens with zero attached hydrogens (tertiary/aromatic N) is 2. The maximum Gasteiger partial charge on any atom is 0.340 e. The Labute approximate surface area is 189 Å². The largest absolute Gasteiger partial charge is 0.465 e. The van der Waals surface area contributed by atoms with Crippen LogP contribution in [0.1, 0.15) is 27.2 Å². The lowest BCUT2D eigenvalue weighted by Crippen LogP contribution is -2.06. The van der Waals surface area contributed by atoms with Crippen molar-refractivity contribution in [3.63, 3.8) is 0 Å². The van der Waals surface area contributed by atoms with Crippen LogP contribution in [0.3, 0.4) is 0 Å². The number of esters is 1. The molecule has 0 saturated carbocycles. The average molecular weight is 438 g/mol. The van der Waals surface area contributed by atoms with Gasteiger partial charge in [-0.3, -0.25) is 0 Å². The highest BCUT2D eigenvalue weighted by Gasteiger charge is 2.27. The number of nitrogen functional groups attached to an aromatic ring is 1. The molecule has 4 aromatic rings. The van der Waals surface area contributed by atoms with Crippen LogP contribution in [0.15, 0.2) is 60.7 Å². The minimum absolute atomic E-state index is 0.250. The molecule has 2 aromatic heterocycles. The molecule has 5 rings (SSSR count). The van der Waals surface area contributed by atoms with E-state index in [-0.39, 0.29) is 10.6 Å². The molecule has 6 heteroatoms. The second kappa shape index (κ2) is 7.56. The number of benzene rings is 2. The van der Waals surface area contributed by atoms with E-state index in [9.17, 15) is 4.79 Å². The summed E-state index contributed by atoms with van der Waals surface area (Å²) in [7, 11) is 3.24. The number of aromatic nitrogens is 1. The van der Waals surface area contributed by atoms with Crippen molar-refractivity contribution < 1.29 is 9.53 Å². The minimum atomic E-state index is -0.539. The van der Waals surface area contributed by atoms with Gasteiger partial charge in [-0.15, -0.1) is 11.3 Å². The van der Waals surface area contributed by atoms with Crippen LogP contribution in [-0.4, -0.2) is 17.6 Å². The topological polar surface area (TPSA) is 61.6 Å². The molecular weight excluding hydrogens is 418 g/mol. The number of hydrogen-bond acceptors (Lipinski definition) is 4. The first-order valence-electron chi connectivity index (χ1n) is 10.00. The summed E-state index contributed by atoms with van der Waals surface area (Å²) in [6.07, 6.45) is 2.15. The van der Waals surface area contributed by atoms with E-state index < -0.39 is 5.97 Å². The number of nitrogens with two attached hydrogens (primary N) is 1. The molecule has 1 aliphatic rings. The fourth-order valence-electron chi connectivity index (χ4n) is 4.33. The maximum absolute atomic E-state index is 12.4. The zero-order chi connectivity index (χ0) is 22.4. The first-order valence-corrected chi connectivity index (χ1v) is 10.8. The summed E-state index contributed by atoms with van der Waals surface area (Å²) in [4.78, 5) is 16.0. The van der Waals surface area contributed by atoms with Crippen LogP contribution in [-0.2, 0) is 11.8 Å². The highest BCUT2D eigenvalue weighted by Crippen LogP contribution is 2.47. The van der Waals surface area contributed by atoms with E-state index >= 15 is 0 Å². The second-order valence-electron chi connectivity index (χ2n) is 7.48. The van der Waals surface area contributed by atoms with Crippen LogP contribution in [0, 0.1) is 6.57 Å². The van der Waals surface area contributed by atoms with Crippen LogP contribution >= 0.6 is 11.3 Å². The molecule has 0 fully saturated rings. The molecule has 2 heterocycles. The Morgan fingerprint density at radius 2 is 1.62 bits per heavy atom. The van der Waals surface area contributed by atoms with Crippen molar-refractivity contribution in [2.24, 2.45) is 7.05 Å². The molecule has 0 atom stereocenters. The SMILES string of the molecule is [C-]#[N+]c1sc(N)c(C(=O)OC)c1-c1ccc(C=C2c3ccccc3-c3ccccc32)n1C. The number of hydrogen-bond donors (Lipinski definition) is 1. The van der Waals surface area contributed by atoms with Gasteiger partial charge in [0.05, 0.1) is 24.2 Å². The Morgan fingerprint density at radius 3 is 2.19 bits per heavy atom. The van der Waals surface area contributed by atoms with E-state index in [0.717, 1.165) is 28.3 Å². The first kappa shape index (κ1) is 19.9. The van der Waals surface area contributed by atoms with Crippen LogP contribution in [0.4, 0.5) is 10.0 Å². The molecule has 0 amide bonds. The predicted octanol–water partition coefficient (Wildman–Crippen LogP) is 6.24. The van der Waals surface area contributed by atoms with Crippen molar-refractivity contribution in [1.29, 1.82) is 0 Å². The van der Waals surface area contributed by atoms with Gasteiger partial charge in [-0.05, 0) is 46.0 Å². The molecule has 0 bridgehead atoms. The highest BCUT2D eigenvalue weighted by molar-refractivity contribution is 7.21. The fraction of sp³-hybridized carbons (Fsp3) is 0.0769. The zero-order valence-corrected chi connectivity index (χ0v) is 18.4. The minimum Gasteiger partial charge on any atom is -0.465 e. The number of rotatable bonds is 3. The number of thiophene rings is 1. The van der Waals surface area contributed by atoms with Gasteiger partial charge in [0.2, 0.25) is 0 Å². The zero-order valence-electron chi connectivity index (χ0n) is 17.5. The Balaban J connectivity index is 1.69. The van der Waals surface area contributed by atoms with Gasteiger partial charge in [-0.25, -0.2) is 9.64 Å². The first-order chi connectivity index (χ1) is 15.5. The number of anilines is 1. The molecule has 0 unspecified atom stereocenters. The number of fused-ring (bicyclic) bond motifs is 3. The van der Waals surface area contributed by atoms with Gasteiger partial charge in [-0.2, -0.15) is 0 Å². The van der Waals surface area contributed by atoms with Gasteiger partial charge in [0.1, 0.15) is 0 Å². The number of methoxy groups -OCH3 is 1. The standard InChI is InChI=1S/C26H19N3O2S/c1-28-25-22(23(24(27)32-25)26(30)31-3)21-13-12-15(29(21)2)14-20-18-10-6-4-8-16(18)17-9-5-7-11-19(17)20/h4-14H,27H2,2-3H3. The molecule has 156 valence electrons.